The Kier molecular flexibility index (Phi) is 5.59. The lowest BCUT2D eigenvalue weighted by molar-refractivity contribution is 0.0584. The monoisotopic (exact) mass is 488 g/mol. The first-order valence-electron chi connectivity index (χ1n) is 9.67. The minimum Gasteiger partial charge on any atom is -0.443 e. The summed E-state index contributed by atoms with van der Waals surface area (Å²) < 4.78 is 8.29. The van der Waals surface area contributed by atoms with Gasteiger partial charge in [0.15, 0.2) is 0 Å². The highest BCUT2D eigenvalue weighted by atomic mass is 79.9. The van der Waals surface area contributed by atoms with Crippen LogP contribution < -0.4 is 4.90 Å². The number of carbonyl (C=O) groups excluding carboxylic acids is 1. The van der Waals surface area contributed by atoms with Gasteiger partial charge in [0.2, 0.25) is 0 Å². The maximum Gasteiger partial charge on any atom is 0.414 e. The molecule has 0 spiro atoms. The third-order valence-electron chi connectivity index (χ3n) is 4.77. The molecular formula is C22H22BrClN4O2. The van der Waals surface area contributed by atoms with Crippen LogP contribution in [0.15, 0.2) is 47.1 Å². The van der Waals surface area contributed by atoms with Gasteiger partial charge in [-0.1, -0.05) is 44.9 Å². The number of amides is 1. The number of ether oxygens (including phenoxy) is 1. The van der Waals surface area contributed by atoms with Crippen molar-refractivity contribution in [1.82, 2.24) is 15.0 Å². The standard InChI is InChI=1S/C22H22BrClN4O2/c1-22(2,3)30-21(29)28-9-8-14-4-5-15(11-20(14)28)19-13-27(26-25-19)12-16-10-17(24)6-7-18(16)23/h4-7,10-11,13H,8-9,12H2,1-3H3. The van der Waals surface area contributed by atoms with E-state index in [1.165, 1.54) is 0 Å². The Labute approximate surface area is 188 Å². The van der Waals surface area contributed by atoms with E-state index in [0.717, 1.165) is 39.0 Å². The molecule has 2 heterocycles. The highest BCUT2D eigenvalue weighted by molar-refractivity contribution is 9.10. The van der Waals surface area contributed by atoms with E-state index in [1.54, 1.807) is 9.58 Å². The van der Waals surface area contributed by atoms with Gasteiger partial charge in [0.25, 0.3) is 0 Å². The average Bonchev–Trinajstić information content (AvgIpc) is 3.29. The fourth-order valence-corrected chi connectivity index (χ4v) is 3.96. The van der Waals surface area contributed by atoms with Crippen molar-refractivity contribution in [2.75, 3.05) is 11.4 Å². The van der Waals surface area contributed by atoms with Gasteiger partial charge in [-0.05, 0) is 62.6 Å². The van der Waals surface area contributed by atoms with Crippen molar-refractivity contribution in [3.63, 3.8) is 0 Å². The fourth-order valence-electron chi connectivity index (χ4n) is 3.39. The number of carbonyl (C=O) groups is 1. The van der Waals surface area contributed by atoms with Crippen molar-refractivity contribution in [2.24, 2.45) is 0 Å². The van der Waals surface area contributed by atoms with Crippen LogP contribution in [0, 0.1) is 0 Å². The van der Waals surface area contributed by atoms with Gasteiger partial charge >= 0.3 is 6.09 Å². The summed E-state index contributed by atoms with van der Waals surface area (Å²) in [6.07, 6.45) is 2.37. The van der Waals surface area contributed by atoms with Crippen LogP contribution in [-0.2, 0) is 17.7 Å². The molecule has 1 aromatic heterocycles. The number of aromatic nitrogens is 3. The third-order valence-corrected chi connectivity index (χ3v) is 5.78. The fraction of sp³-hybridized carbons (Fsp3) is 0.318. The van der Waals surface area contributed by atoms with Crippen molar-refractivity contribution in [2.45, 2.75) is 39.3 Å². The van der Waals surface area contributed by atoms with Crippen molar-refractivity contribution in [3.05, 3.63) is 63.2 Å². The molecule has 0 radical (unpaired) electrons. The largest absolute Gasteiger partial charge is 0.443 e. The van der Waals surface area contributed by atoms with Gasteiger partial charge < -0.3 is 4.74 Å². The van der Waals surface area contributed by atoms with Crippen molar-refractivity contribution in [3.8, 4) is 11.3 Å². The van der Waals surface area contributed by atoms with E-state index in [4.69, 9.17) is 16.3 Å². The SMILES string of the molecule is CC(C)(C)OC(=O)N1CCc2ccc(-c3cn(Cc4cc(Cl)ccc4Br)nn3)cc21. The van der Waals surface area contributed by atoms with Crippen LogP contribution in [0.25, 0.3) is 11.3 Å². The van der Waals surface area contributed by atoms with E-state index in [9.17, 15) is 4.79 Å². The van der Waals surface area contributed by atoms with Crippen LogP contribution in [-0.4, -0.2) is 33.2 Å². The molecule has 1 aliphatic rings. The van der Waals surface area contributed by atoms with Crippen LogP contribution in [0.5, 0.6) is 0 Å². The lowest BCUT2D eigenvalue weighted by atomic mass is 10.1. The molecule has 6 nitrogen and oxygen atoms in total. The molecule has 0 atom stereocenters. The van der Waals surface area contributed by atoms with Gasteiger partial charge in [-0.2, -0.15) is 0 Å². The molecule has 0 unspecified atom stereocenters. The van der Waals surface area contributed by atoms with Crippen LogP contribution >= 0.6 is 27.5 Å². The first-order valence-corrected chi connectivity index (χ1v) is 10.8. The normalized spacial score (nSPS) is 13.4. The second-order valence-corrected chi connectivity index (χ2v) is 9.55. The van der Waals surface area contributed by atoms with Gasteiger partial charge in [0, 0.05) is 21.6 Å². The van der Waals surface area contributed by atoms with E-state index in [0.29, 0.717) is 18.1 Å². The Balaban J connectivity index is 1.57. The number of fused-ring (bicyclic) bond motifs is 1. The Morgan fingerprint density at radius 3 is 2.80 bits per heavy atom. The van der Waals surface area contributed by atoms with Crippen LogP contribution in [0.4, 0.5) is 10.5 Å². The highest BCUT2D eigenvalue weighted by Gasteiger charge is 2.29. The number of hydrogen-bond acceptors (Lipinski definition) is 4. The minimum atomic E-state index is -0.533. The summed E-state index contributed by atoms with van der Waals surface area (Å²) in [7, 11) is 0. The average molecular weight is 490 g/mol. The van der Waals surface area contributed by atoms with Gasteiger partial charge in [-0.25, -0.2) is 9.48 Å². The number of nitrogens with zero attached hydrogens (tertiary/aromatic N) is 4. The van der Waals surface area contributed by atoms with E-state index in [1.807, 2.05) is 63.4 Å². The van der Waals surface area contributed by atoms with Crippen LogP contribution in [0.2, 0.25) is 5.02 Å². The molecule has 1 amide bonds. The number of rotatable bonds is 3. The second-order valence-electron chi connectivity index (χ2n) is 8.26. The predicted octanol–water partition coefficient (Wildman–Crippen LogP) is 5.71. The quantitative estimate of drug-likeness (QED) is 0.473. The van der Waals surface area contributed by atoms with Crippen LogP contribution in [0.3, 0.4) is 0 Å². The van der Waals surface area contributed by atoms with Gasteiger partial charge in [0.1, 0.15) is 11.3 Å². The molecule has 4 rings (SSSR count). The summed E-state index contributed by atoms with van der Waals surface area (Å²) in [5.74, 6) is 0. The molecular weight excluding hydrogens is 468 g/mol. The first-order chi connectivity index (χ1) is 14.2. The molecule has 0 fully saturated rings. The first kappa shape index (κ1) is 20.9. The zero-order valence-corrected chi connectivity index (χ0v) is 19.4. The molecule has 0 bridgehead atoms. The molecule has 156 valence electrons. The molecule has 0 N–H and O–H groups in total. The van der Waals surface area contributed by atoms with Gasteiger partial charge in [0.05, 0.1) is 18.4 Å². The number of halogens is 2. The molecule has 3 aromatic rings. The third kappa shape index (κ3) is 4.52. The summed E-state index contributed by atoms with van der Waals surface area (Å²) in [4.78, 5) is 14.3. The highest BCUT2D eigenvalue weighted by Crippen LogP contribution is 2.33. The smallest absolute Gasteiger partial charge is 0.414 e. The molecule has 1 aliphatic heterocycles. The minimum absolute atomic E-state index is 0.326. The summed E-state index contributed by atoms with van der Waals surface area (Å²) >= 11 is 9.65. The van der Waals surface area contributed by atoms with Crippen LogP contribution in [0.1, 0.15) is 31.9 Å². The summed E-state index contributed by atoms with van der Waals surface area (Å²) in [5.41, 5.74) is 4.12. The lowest BCUT2D eigenvalue weighted by Crippen LogP contribution is -2.35. The summed E-state index contributed by atoms with van der Waals surface area (Å²) in [5, 5.41) is 9.25. The summed E-state index contributed by atoms with van der Waals surface area (Å²) in [6, 6.07) is 11.7. The Hall–Kier alpha value is -2.38. The maximum atomic E-state index is 12.6. The molecule has 2 aromatic carbocycles. The maximum absolute atomic E-state index is 12.6. The second kappa shape index (κ2) is 8.04. The Morgan fingerprint density at radius 1 is 1.23 bits per heavy atom. The van der Waals surface area contributed by atoms with Crippen molar-refractivity contribution >= 4 is 39.3 Å². The van der Waals surface area contributed by atoms with E-state index in [-0.39, 0.29) is 6.09 Å². The van der Waals surface area contributed by atoms with Gasteiger partial charge in [-0.15, -0.1) is 5.10 Å². The molecule has 0 saturated carbocycles. The summed E-state index contributed by atoms with van der Waals surface area (Å²) in [6.45, 7) is 6.77. The zero-order chi connectivity index (χ0) is 21.5. The number of hydrogen-bond donors (Lipinski definition) is 0. The van der Waals surface area contributed by atoms with Crippen molar-refractivity contribution < 1.29 is 9.53 Å². The van der Waals surface area contributed by atoms with Gasteiger partial charge in [-0.3, -0.25) is 4.90 Å². The van der Waals surface area contributed by atoms with Crippen molar-refractivity contribution in [1.29, 1.82) is 0 Å². The van der Waals surface area contributed by atoms with E-state index in [2.05, 4.69) is 26.2 Å². The molecule has 0 aliphatic carbocycles. The van der Waals surface area contributed by atoms with E-state index >= 15 is 0 Å². The Morgan fingerprint density at radius 2 is 2.03 bits per heavy atom. The molecule has 8 heteroatoms. The lowest BCUT2D eigenvalue weighted by Gasteiger charge is -2.25. The zero-order valence-electron chi connectivity index (χ0n) is 17.0. The Bertz CT molecular complexity index is 1110. The van der Waals surface area contributed by atoms with E-state index < -0.39 is 5.60 Å². The molecule has 30 heavy (non-hydrogen) atoms. The number of benzene rings is 2. The predicted molar refractivity (Wildman–Crippen MR) is 121 cm³/mol. The number of anilines is 1. The molecule has 0 saturated heterocycles. The topological polar surface area (TPSA) is 60.2 Å².